The van der Waals surface area contributed by atoms with Gasteiger partial charge in [-0.3, -0.25) is 0 Å². The molecule has 3 heteroatoms. The van der Waals surface area contributed by atoms with E-state index in [1.54, 1.807) is 12.5 Å². The van der Waals surface area contributed by atoms with E-state index in [1.807, 2.05) is 0 Å². The Morgan fingerprint density at radius 2 is 2.19 bits per heavy atom. The molecule has 1 aliphatic rings. The van der Waals surface area contributed by atoms with Crippen molar-refractivity contribution in [3.8, 4) is 0 Å². The van der Waals surface area contributed by atoms with E-state index in [1.165, 1.54) is 38.5 Å². The molecule has 1 aliphatic carbocycles. The Balaban J connectivity index is 1.65. The van der Waals surface area contributed by atoms with Crippen LogP contribution in [0, 0.1) is 5.92 Å². The van der Waals surface area contributed by atoms with Crippen molar-refractivity contribution in [2.45, 2.75) is 58.0 Å². The summed E-state index contributed by atoms with van der Waals surface area (Å²) in [4.78, 5) is 0. The fourth-order valence-corrected chi connectivity index (χ4v) is 2.64. The second-order valence-corrected chi connectivity index (χ2v) is 4.92. The number of rotatable bonds is 5. The van der Waals surface area contributed by atoms with Crippen LogP contribution in [0.5, 0.6) is 0 Å². The molecule has 0 bridgehead atoms. The molecule has 3 nitrogen and oxygen atoms in total. The van der Waals surface area contributed by atoms with Crippen molar-refractivity contribution in [3.63, 3.8) is 0 Å². The molecule has 16 heavy (non-hydrogen) atoms. The fraction of sp³-hybridized carbons (Fsp3) is 0.769. The quantitative estimate of drug-likeness (QED) is 0.831. The third-order valence-corrected chi connectivity index (χ3v) is 3.62. The van der Waals surface area contributed by atoms with Gasteiger partial charge >= 0.3 is 0 Å². The van der Waals surface area contributed by atoms with Crippen molar-refractivity contribution in [3.05, 3.63) is 18.0 Å². The average molecular weight is 222 g/mol. The van der Waals surface area contributed by atoms with Crippen molar-refractivity contribution in [2.24, 2.45) is 5.92 Å². The van der Waals surface area contributed by atoms with Gasteiger partial charge in [0.15, 0.2) is 0 Å². The molecule has 0 saturated heterocycles. The van der Waals surface area contributed by atoms with Gasteiger partial charge in [0.1, 0.15) is 6.26 Å². The summed E-state index contributed by atoms with van der Waals surface area (Å²) >= 11 is 0. The maximum absolute atomic E-state index is 4.81. The summed E-state index contributed by atoms with van der Waals surface area (Å²) in [6.45, 7) is 3.18. The third kappa shape index (κ3) is 3.34. The van der Waals surface area contributed by atoms with Crippen LogP contribution in [-0.2, 0) is 6.54 Å². The summed E-state index contributed by atoms with van der Waals surface area (Å²) in [5.41, 5.74) is 1.15. The molecule has 0 spiro atoms. The van der Waals surface area contributed by atoms with Gasteiger partial charge in [-0.05, 0) is 31.6 Å². The van der Waals surface area contributed by atoms with E-state index in [9.17, 15) is 0 Å². The first kappa shape index (κ1) is 11.6. The molecule has 0 atom stereocenters. The molecule has 1 aromatic heterocycles. The summed E-state index contributed by atoms with van der Waals surface area (Å²) in [5.74, 6) is 0.985. The van der Waals surface area contributed by atoms with Crippen molar-refractivity contribution in [1.82, 2.24) is 10.5 Å². The molecule has 1 fully saturated rings. The first-order valence-corrected chi connectivity index (χ1v) is 6.50. The molecule has 0 aromatic carbocycles. The Kier molecular flexibility index (Phi) is 4.40. The fourth-order valence-electron chi connectivity index (χ4n) is 2.64. The van der Waals surface area contributed by atoms with Crippen LogP contribution in [-0.4, -0.2) is 11.2 Å². The number of nitrogens with zero attached hydrogens (tertiary/aromatic N) is 1. The maximum Gasteiger partial charge on any atom is 0.128 e. The highest BCUT2D eigenvalue weighted by Gasteiger charge is 2.19. The predicted molar refractivity (Wildman–Crippen MR) is 64.0 cm³/mol. The van der Waals surface area contributed by atoms with E-state index >= 15 is 0 Å². The number of aromatic nitrogens is 1. The Labute approximate surface area is 97.6 Å². The van der Waals surface area contributed by atoms with Gasteiger partial charge < -0.3 is 9.84 Å². The van der Waals surface area contributed by atoms with E-state index in [-0.39, 0.29) is 0 Å². The van der Waals surface area contributed by atoms with Crippen LogP contribution >= 0.6 is 0 Å². The van der Waals surface area contributed by atoms with Gasteiger partial charge in [-0.1, -0.05) is 24.9 Å². The largest absolute Gasteiger partial charge is 0.364 e. The molecule has 0 amide bonds. The summed E-state index contributed by atoms with van der Waals surface area (Å²) in [7, 11) is 0. The van der Waals surface area contributed by atoms with E-state index in [2.05, 4.69) is 17.4 Å². The summed E-state index contributed by atoms with van der Waals surface area (Å²) < 4.78 is 4.81. The number of nitrogens with one attached hydrogen (secondary N) is 1. The molecule has 90 valence electrons. The van der Waals surface area contributed by atoms with E-state index in [0.29, 0.717) is 6.04 Å². The summed E-state index contributed by atoms with van der Waals surface area (Å²) in [6.07, 6.45) is 11.7. The summed E-state index contributed by atoms with van der Waals surface area (Å²) in [6, 6.07) is 0.697. The zero-order chi connectivity index (χ0) is 11.2. The first-order chi connectivity index (χ1) is 7.88. The van der Waals surface area contributed by atoms with Crippen molar-refractivity contribution in [2.75, 3.05) is 0 Å². The third-order valence-electron chi connectivity index (χ3n) is 3.62. The monoisotopic (exact) mass is 222 g/mol. The van der Waals surface area contributed by atoms with Gasteiger partial charge in [0.2, 0.25) is 0 Å². The molecule has 0 aliphatic heterocycles. The Morgan fingerprint density at radius 1 is 1.38 bits per heavy atom. The van der Waals surface area contributed by atoms with Crippen molar-refractivity contribution >= 4 is 0 Å². The van der Waals surface area contributed by atoms with Crippen LogP contribution in [0.2, 0.25) is 0 Å². The van der Waals surface area contributed by atoms with Crippen LogP contribution < -0.4 is 5.32 Å². The summed E-state index contributed by atoms with van der Waals surface area (Å²) in [5, 5.41) is 7.29. The lowest BCUT2D eigenvalue weighted by Crippen LogP contribution is -2.32. The predicted octanol–water partition coefficient (Wildman–Crippen LogP) is 3.12. The molecule has 1 N–H and O–H groups in total. The van der Waals surface area contributed by atoms with Crippen LogP contribution in [0.25, 0.3) is 0 Å². The molecule has 0 radical (unpaired) electrons. The van der Waals surface area contributed by atoms with Crippen molar-refractivity contribution < 1.29 is 4.52 Å². The van der Waals surface area contributed by atoms with Gasteiger partial charge in [0.25, 0.3) is 0 Å². The van der Waals surface area contributed by atoms with Crippen molar-refractivity contribution in [1.29, 1.82) is 0 Å². The van der Waals surface area contributed by atoms with Gasteiger partial charge in [-0.15, -0.1) is 0 Å². The SMILES string of the molecule is CCCC1CCC(NCc2cnoc2)CC1. The first-order valence-electron chi connectivity index (χ1n) is 6.50. The van der Waals surface area contributed by atoms with E-state index < -0.39 is 0 Å². The topological polar surface area (TPSA) is 38.1 Å². The van der Waals surface area contributed by atoms with Gasteiger partial charge in [0, 0.05) is 18.2 Å². The minimum atomic E-state index is 0.697. The second-order valence-electron chi connectivity index (χ2n) is 4.92. The zero-order valence-corrected chi connectivity index (χ0v) is 10.1. The average Bonchev–Trinajstić information content (AvgIpc) is 2.82. The highest BCUT2D eigenvalue weighted by molar-refractivity contribution is 4.99. The molecule has 1 heterocycles. The zero-order valence-electron chi connectivity index (χ0n) is 10.1. The van der Waals surface area contributed by atoms with E-state index in [4.69, 9.17) is 4.52 Å². The maximum atomic E-state index is 4.81. The lowest BCUT2D eigenvalue weighted by Gasteiger charge is -2.28. The van der Waals surface area contributed by atoms with Crippen LogP contribution in [0.15, 0.2) is 17.0 Å². The number of hydrogen-bond donors (Lipinski definition) is 1. The second kappa shape index (κ2) is 6.04. The lowest BCUT2D eigenvalue weighted by molar-refractivity contribution is 0.277. The molecule has 1 aromatic rings. The minimum Gasteiger partial charge on any atom is -0.364 e. The van der Waals surface area contributed by atoms with Gasteiger partial charge in [-0.2, -0.15) is 0 Å². The minimum absolute atomic E-state index is 0.697. The molecule has 0 unspecified atom stereocenters. The lowest BCUT2D eigenvalue weighted by atomic mass is 9.83. The Bertz CT molecular complexity index is 276. The standard InChI is InChI=1S/C13H22N2O/c1-2-3-11-4-6-13(7-5-11)14-8-12-9-15-16-10-12/h9-11,13-14H,2-8H2,1H3. The van der Waals surface area contributed by atoms with Crippen LogP contribution in [0.1, 0.15) is 51.0 Å². The molecule has 2 rings (SSSR count). The number of hydrogen-bond acceptors (Lipinski definition) is 3. The molecular formula is C13H22N2O. The molecular weight excluding hydrogens is 200 g/mol. The Hall–Kier alpha value is -0.830. The highest BCUT2D eigenvalue weighted by Crippen LogP contribution is 2.27. The van der Waals surface area contributed by atoms with Gasteiger partial charge in [-0.25, -0.2) is 0 Å². The Morgan fingerprint density at radius 3 is 2.81 bits per heavy atom. The molecule has 1 saturated carbocycles. The smallest absolute Gasteiger partial charge is 0.128 e. The van der Waals surface area contributed by atoms with E-state index in [0.717, 1.165) is 18.0 Å². The van der Waals surface area contributed by atoms with Gasteiger partial charge in [0.05, 0.1) is 6.20 Å². The normalized spacial score (nSPS) is 25.8. The highest BCUT2D eigenvalue weighted by atomic mass is 16.5. The van der Waals surface area contributed by atoms with Crippen LogP contribution in [0.3, 0.4) is 0 Å². The van der Waals surface area contributed by atoms with Crippen LogP contribution in [0.4, 0.5) is 0 Å².